The second kappa shape index (κ2) is 16.5. The first-order valence-electron chi connectivity index (χ1n) is 23.8. The monoisotopic (exact) mass is 881 g/mol. The first kappa shape index (κ1) is 41.7. The number of phenolic OH excluding ortho intramolecular Hbond substituents is 1. The van der Waals surface area contributed by atoms with Crippen LogP contribution in [0.4, 0.5) is 26.2 Å². The molecule has 2 unspecified atom stereocenters. The van der Waals surface area contributed by atoms with E-state index >= 15 is 4.39 Å². The number of carbonyl (C=O) groups is 2. The molecule has 7 fully saturated rings. The number of imide groups is 1. The standard InChI is InChI=1S/C50H60FN11O3/c51-41-10-9-33(62-34-7-8-35(62)29-59(28-34)44(47(53)54)23-42(52)38-3-1-2-4-45(38)63)22-43(41)58-16-11-31(12-17-58)27-57-19-14-50(15-20-57)24-37(25-50)61-30-40(32-5-6-32)39-21-36(26-55-48(39)61)60-18-13-46(64)56-49(60)65/h1-4,9-10,21-23,26,30-32,34-35,37,52,63H,5-8,11-20,24-25,27-29H2,(H3,53,54)(H,56,64,65)/b44-23+,52-42?. The van der Waals surface area contributed by atoms with Gasteiger partial charge in [-0.15, -0.1) is 0 Å². The number of aromatic hydroxyl groups is 1. The predicted molar refractivity (Wildman–Crippen MR) is 251 cm³/mol. The summed E-state index contributed by atoms with van der Waals surface area (Å²) >= 11 is 0. The van der Waals surface area contributed by atoms with Crippen LogP contribution in [-0.2, 0) is 4.79 Å². The minimum absolute atomic E-state index is 0.0197. The number of fused-ring (bicyclic) bond motifs is 3. The number of rotatable bonds is 11. The van der Waals surface area contributed by atoms with Gasteiger partial charge in [-0.05, 0) is 143 Å². The predicted octanol–water partition coefficient (Wildman–Crippen LogP) is 7.08. The second-order valence-corrected chi connectivity index (χ2v) is 20.1. The van der Waals surface area contributed by atoms with Gasteiger partial charge < -0.3 is 40.4 Å². The van der Waals surface area contributed by atoms with E-state index in [2.05, 4.69) is 47.8 Å². The van der Waals surface area contributed by atoms with Crippen molar-refractivity contribution in [3.05, 3.63) is 89.6 Å². The maximum atomic E-state index is 15.6. The molecule has 2 saturated carbocycles. The van der Waals surface area contributed by atoms with Gasteiger partial charge >= 0.3 is 6.03 Å². The van der Waals surface area contributed by atoms with E-state index in [1.807, 2.05) is 6.07 Å². The number of aromatic nitrogens is 2. The molecule has 4 aromatic rings. The number of likely N-dealkylation sites (tertiary alicyclic amines) is 2. The van der Waals surface area contributed by atoms with Crippen LogP contribution in [0.15, 0.2) is 72.7 Å². The first-order valence-corrected chi connectivity index (χ1v) is 23.8. The highest BCUT2D eigenvalue weighted by Crippen LogP contribution is 2.56. The number of nitrogens with two attached hydrogens (primary N) is 1. The number of amides is 3. The molecule has 2 aromatic heterocycles. The van der Waals surface area contributed by atoms with Crippen LogP contribution in [0.5, 0.6) is 5.75 Å². The van der Waals surface area contributed by atoms with Crippen LogP contribution in [0, 0.1) is 28.0 Å². The Morgan fingerprint density at radius 3 is 2.34 bits per heavy atom. The molecule has 6 N–H and O–H groups in total. The number of nitrogens with zero attached hydrogens (tertiary/aromatic N) is 7. The number of carbonyl (C=O) groups excluding carboxylic acids is 2. The smallest absolute Gasteiger partial charge is 0.328 e. The van der Waals surface area contributed by atoms with Gasteiger partial charge in [0.25, 0.3) is 0 Å². The molecule has 1 spiro atoms. The zero-order chi connectivity index (χ0) is 44.6. The molecular formula is C50H60FN11O3. The van der Waals surface area contributed by atoms with E-state index in [-0.39, 0.29) is 47.1 Å². The van der Waals surface area contributed by atoms with Crippen LogP contribution in [-0.4, -0.2) is 112 Å². The summed E-state index contributed by atoms with van der Waals surface area (Å²) in [4.78, 5) is 40.4. The van der Waals surface area contributed by atoms with E-state index in [4.69, 9.17) is 21.5 Å². The fraction of sp³-hybridized carbons (Fsp3) is 0.500. The van der Waals surface area contributed by atoms with E-state index in [9.17, 15) is 14.7 Å². The molecule has 5 aliphatic heterocycles. The average molecular weight is 882 g/mol. The normalized spacial score (nSPS) is 24.2. The summed E-state index contributed by atoms with van der Waals surface area (Å²) in [6.45, 7) is 6.71. The summed E-state index contributed by atoms with van der Waals surface area (Å²) in [5.74, 6) is 0.668. The van der Waals surface area contributed by atoms with Gasteiger partial charge in [-0.3, -0.25) is 20.4 Å². The van der Waals surface area contributed by atoms with E-state index in [0.717, 1.165) is 80.8 Å². The van der Waals surface area contributed by atoms with Gasteiger partial charge in [-0.25, -0.2) is 14.2 Å². The van der Waals surface area contributed by atoms with Crippen molar-refractivity contribution < 1.29 is 19.1 Å². The molecule has 65 heavy (non-hydrogen) atoms. The Hall–Kier alpha value is -5.96. The first-order chi connectivity index (χ1) is 31.5. The SMILES string of the molecule is N=C(N)/C(=C\C(=N)c1ccccc1O)N1CC2CCC(C1)N2c1ccc(F)c(N2CCC(CN3CCC4(CC3)CC(n3cc(C5CC5)c5cc(N6CCC(=O)NC6=O)cnc53)C4)CC2)c1. The molecule has 11 rings (SSSR count). The number of hydrogen-bond acceptors (Lipinski definition) is 10. The van der Waals surface area contributed by atoms with Crippen LogP contribution in [0.1, 0.15) is 93.7 Å². The van der Waals surface area contributed by atoms with Crippen molar-refractivity contribution in [3.63, 3.8) is 0 Å². The highest BCUT2D eigenvalue weighted by atomic mass is 19.1. The highest BCUT2D eigenvalue weighted by molar-refractivity contribution is 6.12. The molecular weight excluding hydrogens is 822 g/mol. The Morgan fingerprint density at radius 1 is 0.908 bits per heavy atom. The number of phenols is 1. The third-order valence-corrected chi connectivity index (χ3v) is 16.0. The van der Waals surface area contributed by atoms with Crippen molar-refractivity contribution in [2.45, 2.75) is 94.7 Å². The average Bonchev–Trinajstić information content (AvgIpc) is 4.02. The minimum atomic E-state index is -0.372. The molecule has 3 amide bonds. The molecule has 7 heterocycles. The molecule has 5 saturated heterocycles. The quantitative estimate of drug-likeness (QED) is 0.0780. The van der Waals surface area contributed by atoms with E-state index in [1.54, 1.807) is 47.5 Å². The number of urea groups is 1. The Bertz CT molecular complexity index is 2570. The number of anilines is 3. The largest absolute Gasteiger partial charge is 0.507 e. The van der Waals surface area contributed by atoms with E-state index < -0.39 is 0 Å². The van der Waals surface area contributed by atoms with Crippen LogP contribution in [0.2, 0.25) is 0 Å². The number of amidine groups is 1. The minimum Gasteiger partial charge on any atom is -0.507 e. The zero-order valence-electron chi connectivity index (χ0n) is 37.0. The number of nitrogens with one attached hydrogen (secondary N) is 3. The Labute approximate surface area is 379 Å². The maximum absolute atomic E-state index is 15.6. The molecule has 2 atom stereocenters. The van der Waals surface area contributed by atoms with Gasteiger partial charge in [0.1, 0.15) is 23.0 Å². The van der Waals surface area contributed by atoms with Crippen LogP contribution >= 0.6 is 0 Å². The van der Waals surface area contributed by atoms with Crippen LogP contribution in [0.3, 0.4) is 0 Å². The van der Waals surface area contributed by atoms with Crippen LogP contribution in [0.25, 0.3) is 11.0 Å². The topological polar surface area (TPSA) is 174 Å². The number of piperidine rings is 2. The van der Waals surface area contributed by atoms with E-state index in [0.29, 0.717) is 66.3 Å². The third-order valence-electron chi connectivity index (χ3n) is 16.0. The van der Waals surface area contributed by atoms with Gasteiger partial charge in [0, 0.05) is 86.6 Å². The van der Waals surface area contributed by atoms with Crippen molar-refractivity contribution >= 4 is 51.6 Å². The summed E-state index contributed by atoms with van der Waals surface area (Å²) in [5, 5.41) is 30.9. The van der Waals surface area contributed by atoms with Gasteiger partial charge in [0.15, 0.2) is 0 Å². The number of pyridine rings is 1. The lowest BCUT2D eigenvalue weighted by molar-refractivity contribution is -0.120. The van der Waals surface area contributed by atoms with Gasteiger partial charge in [-0.1, -0.05) is 12.1 Å². The fourth-order valence-corrected chi connectivity index (χ4v) is 12.3. The number of para-hydroxylation sites is 1. The summed E-state index contributed by atoms with van der Waals surface area (Å²) in [5.41, 5.74) is 12.3. The Kier molecular flexibility index (Phi) is 10.6. The number of allylic oxidation sites excluding steroid dienone is 1. The van der Waals surface area contributed by atoms with Crippen molar-refractivity contribution in [1.82, 2.24) is 24.7 Å². The lowest BCUT2D eigenvalue weighted by Crippen LogP contribution is -2.54. The summed E-state index contributed by atoms with van der Waals surface area (Å²) in [7, 11) is 0. The second-order valence-electron chi connectivity index (χ2n) is 20.1. The number of piperazine rings is 1. The lowest BCUT2D eigenvalue weighted by Gasteiger charge is -2.53. The van der Waals surface area contributed by atoms with Crippen molar-refractivity contribution in [2.75, 3.05) is 67.1 Å². The Balaban J connectivity index is 0.679. The van der Waals surface area contributed by atoms with Crippen molar-refractivity contribution in [3.8, 4) is 5.75 Å². The molecule has 2 aromatic carbocycles. The van der Waals surface area contributed by atoms with Gasteiger partial charge in [0.05, 0.1) is 29.0 Å². The fourth-order valence-electron chi connectivity index (χ4n) is 12.3. The Morgan fingerprint density at radius 2 is 1.65 bits per heavy atom. The number of benzene rings is 2. The molecule has 2 aliphatic carbocycles. The maximum Gasteiger partial charge on any atom is 0.328 e. The number of hydrogen-bond donors (Lipinski definition) is 5. The van der Waals surface area contributed by atoms with Crippen molar-refractivity contribution in [2.24, 2.45) is 17.1 Å². The molecule has 340 valence electrons. The highest BCUT2D eigenvalue weighted by Gasteiger charge is 2.48. The number of halogens is 1. The molecule has 14 nitrogen and oxygen atoms in total. The summed E-state index contributed by atoms with van der Waals surface area (Å²) in [6.07, 6.45) is 17.3. The summed E-state index contributed by atoms with van der Waals surface area (Å²) in [6, 6.07) is 14.9. The summed E-state index contributed by atoms with van der Waals surface area (Å²) < 4.78 is 18.1. The lowest BCUT2D eigenvalue weighted by atomic mass is 9.60. The molecule has 15 heteroatoms. The van der Waals surface area contributed by atoms with E-state index in [1.165, 1.54) is 44.1 Å². The van der Waals surface area contributed by atoms with Gasteiger partial charge in [-0.2, -0.15) is 0 Å². The molecule has 7 aliphatic rings. The van der Waals surface area contributed by atoms with Crippen LogP contribution < -0.4 is 25.8 Å². The zero-order valence-corrected chi connectivity index (χ0v) is 37.0. The molecule has 0 radical (unpaired) electrons. The van der Waals surface area contributed by atoms with Crippen molar-refractivity contribution in [1.29, 1.82) is 10.8 Å². The van der Waals surface area contributed by atoms with Gasteiger partial charge in [0.2, 0.25) is 5.91 Å². The molecule has 2 bridgehead atoms. The third kappa shape index (κ3) is 7.89.